The fraction of sp³-hybridized carbons (Fsp3) is 0.444. The number of sulfonamides is 1. The van der Waals surface area contributed by atoms with E-state index in [0.29, 0.717) is 43.1 Å². The fourth-order valence-electron chi connectivity index (χ4n) is 3.39. The lowest BCUT2D eigenvalue weighted by Crippen LogP contribution is -2.31. The van der Waals surface area contributed by atoms with Crippen molar-refractivity contribution in [3.63, 3.8) is 0 Å². The van der Waals surface area contributed by atoms with E-state index in [1.54, 1.807) is 36.9 Å². The number of benzene rings is 1. The highest BCUT2D eigenvalue weighted by molar-refractivity contribution is 7.89. The van der Waals surface area contributed by atoms with Crippen LogP contribution in [0.15, 0.2) is 27.6 Å². The summed E-state index contributed by atoms with van der Waals surface area (Å²) in [5, 5.41) is 3.84. The molecule has 8 heteroatoms. The van der Waals surface area contributed by atoms with Crippen molar-refractivity contribution >= 4 is 21.6 Å². The summed E-state index contributed by atoms with van der Waals surface area (Å²) in [7, 11) is -3.51. The van der Waals surface area contributed by atoms with Gasteiger partial charge in [0.25, 0.3) is 5.91 Å². The molecule has 0 bridgehead atoms. The Bertz CT molecular complexity index is 926. The highest BCUT2D eigenvalue weighted by Gasteiger charge is 2.31. The molecule has 7 nitrogen and oxygen atoms in total. The number of hydrogen-bond donors (Lipinski definition) is 0. The van der Waals surface area contributed by atoms with Gasteiger partial charge in [-0.3, -0.25) is 4.79 Å². The number of carbonyl (C=O) groups is 1. The summed E-state index contributed by atoms with van der Waals surface area (Å²) in [6.07, 6.45) is 0.617. The average molecular weight is 377 g/mol. The Balaban J connectivity index is 1.95. The second-order valence-corrected chi connectivity index (χ2v) is 8.22. The van der Waals surface area contributed by atoms with Gasteiger partial charge in [0.05, 0.1) is 10.6 Å². The van der Waals surface area contributed by atoms with Crippen LogP contribution in [0.4, 0.5) is 5.69 Å². The third-order valence-electron chi connectivity index (χ3n) is 4.78. The maximum absolute atomic E-state index is 12.9. The Morgan fingerprint density at radius 2 is 1.96 bits per heavy atom. The second kappa shape index (κ2) is 6.85. The second-order valence-electron chi connectivity index (χ2n) is 6.29. The minimum Gasteiger partial charge on any atom is -0.361 e. The van der Waals surface area contributed by atoms with Gasteiger partial charge in [-0.15, -0.1) is 0 Å². The molecule has 1 aliphatic rings. The third-order valence-corrected chi connectivity index (χ3v) is 6.83. The number of aromatic nitrogens is 1. The topological polar surface area (TPSA) is 83.7 Å². The third kappa shape index (κ3) is 2.93. The Morgan fingerprint density at radius 1 is 1.27 bits per heavy atom. The fourth-order valence-corrected chi connectivity index (χ4v) is 4.89. The SMILES string of the molecule is CCN(CC)S(=O)(=O)c1ccc2c(c1)CCN2C(=O)c1c(C)noc1C. The summed E-state index contributed by atoms with van der Waals surface area (Å²) >= 11 is 0. The smallest absolute Gasteiger partial charge is 0.263 e. The van der Waals surface area contributed by atoms with E-state index in [4.69, 9.17) is 4.52 Å². The number of hydrogen-bond acceptors (Lipinski definition) is 5. The molecule has 2 heterocycles. The molecule has 0 N–H and O–H groups in total. The molecule has 0 atom stereocenters. The van der Waals surface area contributed by atoms with Crippen LogP contribution >= 0.6 is 0 Å². The molecule has 0 saturated heterocycles. The molecule has 140 valence electrons. The van der Waals surface area contributed by atoms with Gasteiger partial charge < -0.3 is 9.42 Å². The maximum atomic E-state index is 12.9. The first-order valence-corrected chi connectivity index (χ1v) is 10.1. The van der Waals surface area contributed by atoms with Crippen LogP contribution in [-0.4, -0.2) is 43.4 Å². The molecule has 3 rings (SSSR count). The molecule has 0 spiro atoms. The van der Waals surface area contributed by atoms with E-state index < -0.39 is 10.0 Å². The summed E-state index contributed by atoms with van der Waals surface area (Å²) in [5.41, 5.74) is 2.63. The number of anilines is 1. The van der Waals surface area contributed by atoms with E-state index in [0.717, 1.165) is 11.3 Å². The normalized spacial score (nSPS) is 14.1. The number of amides is 1. The van der Waals surface area contributed by atoms with E-state index in [9.17, 15) is 13.2 Å². The zero-order valence-corrected chi connectivity index (χ0v) is 16.3. The molecule has 0 aliphatic carbocycles. The first-order chi connectivity index (χ1) is 12.3. The maximum Gasteiger partial charge on any atom is 0.263 e. The molecule has 1 aliphatic heterocycles. The minimum absolute atomic E-state index is 0.167. The van der Waals surface area contributed by atoms with Crippen LogP contribution in [-0.2, 0) is 16.4 Å². The number of carbonyl (C=O) groups excluding carboxylic acids is 1. The largest absolute Gasteiger partial charge is 0.361 e. The molecule has 0 saturated carbocycles. The van der Waals surface area contributed by atoms with Crippen LogP contribution in [0.3, 0.4) is 0 Å². The van der Waals surface area contributed by atoms with Crippen molar-refractivity contribution in [1.29, 1.82) is 0 Å². The van der Waals surface area contributed by atoms with Crippen LogP contribution in [0.1, 0.15) is 41.2 Å². The summed E-state index contributed by atoms with van der Waals surface area (Å²) in [5.74, 6) is 0.320. The van der Waals surface area contributed by atoms with Gasteiger partial charge in [0.15, 0.2) is 0 Å². The van der Waals surface area contributed by atoms with Crippen molar-refractivity contribution in [1.82, 2.24) is 9.46 Å². The Kier molecular flexibility index (Phi) is 4.90. The van der Waals surface area contributed by atoms with Crippen LogP contribution in [0.5, 0.6) is 0 Å². The quantitative estimate of drug-likeness (QED) is 0.799. The van der Waals surface area contributed by atoms with E-state index in [-0.39, 0.29) is 10.8 Å². The van der Waals surface area contributed by atoms with E-state index in [1.807, 2.05) is 13.8 Å². The van der Waals surface area contributed by atoms with Gasteiger partial charge in [0.1, 0.15) is 11.3 Å². The lowest BCUT2D eigenvalue weighted by Gasteiger charge is -2.20. The molecule has 1 aromatic heterocycles. The Morgan fingerprint density at radius 3 is 2.54 bits per heavy atom. The molecule has 0 fully saturated rings. The molecule has 26 heavy (non-hydrogen) atoms. The van der Waals surface area contributed by atoms with Gasteiger partial charge >= 0.3 is 0 Å². The predicted octanol–water partition coefficient (Wildman–Crippen LogP) is 2.52. The Hall–Kier alpha value is -2.19. The molecular weight excluding hydrogens is 354 g/mol. The molecule has 1 amide bonds. The molecule has 0 radical (unpaired) electrons. The number of nitrogens with zero attached hydrogens (tertiary/aromatic N) is 3. The first kappa shape index (κ1) is 18.6. The summed E-state index contributed by atoms with van der Waals surface area (Å²) < 4.78 is 31.9. The van der Waals surface area contributed by atoms with Crippen molar-refractivity contribution in [3.05, 3.63) is 40.8 Å². The highest BCUT2D eigenvalue weighted by Crippen LogP contribution is 2.33. The minimum atomic E-state index is -3.51. The van der Waals surface area contributed by atoms with Crippen molar-refractivity contribution < 1.29 is 17.7 Å². The summed E-state index contributed by atoms with van der Waals surface area (Å²) in [6, 6.07) is 4.98. The van der Waals surface area contributed by atoms with Gasteiger partial charge in [-0.05, 0) is 44.0 Å². The first-order valence-electron chi connectivity index (χ1n) is 8.69. The summed E-state index contributed by atoms with van der Waals surface area (Å²) in [6.45, 7) is 8.44. The van der Waals surface area contributed by atoms with Crippen molar-refractivity contribution in [2.24, 2.45) is 0 Å². The molecule has 2 aromatic rings. The number of aryl methyl sites for hydroxylation is 2. The molecular formula is C18H23N3O4S. The van der Waals surface area contributed by atoms with Gasteiger partial charge in [-0.25, -0.2) is 8.42 Å². The van der Waals surface area contributed by atoms with Crippen molar-refractivity contribution in [2.45, 2.75) is 39.0 Å². The zero-order chi connectivity index (χ0) is 19.1. The van der Waals surface area contributed by atoms with Crippen LogP contribution in [0.2, 0.25) is 0 Å². The van der Waals surface area contributed by atoms with Crippen molar-refractivity contribution in [3.8, 4) is 0 Å². The monoisotopic (exact) mass is 377 g/mol. The lowest BCUT2D eigenvalue weighted by atomic mass is 10.1. The molecule has 0 unspecified atom stereocenters. The zero-order valence-electron chi connectivity index (χ0n) is 15.4. The van der Waals surface area contributed by atoms with Gasteiger partial charge in [-0.2, -0.15) is 4.31 Å². The number of fused-ring (bicyclic) bond motifs is 1. The van der Waals surface area contributed by atoms with Crippen LogP contribution < -0.4 is 4.90 Å². The highest BCUT2D eigenvalue weighted by atomic mass is 32.2. The molecule has 1 aromatic carbocycles. The average Bonchev–Trinajstić information content (AvgIpc) is 3.18. The van der Waals surface area contributed by atoms with E-state index in [2.05, 4.69) is 5.16 Å². The van der Waals surface area contributed by atoms with Crippen LogP contribution in [0, 0.1) is 13.8 Å². The van der Waals surface area contributed by atoms with E-state index in [1.165, 1.54) is 4.31 Å². The van der Waals surface area contributed by atoms with Gasteiger partial charge in [0, 0.05) is 25.3 Å². The lowest BCUT2D eigenvalue weighted by molar-refractivity contribution is 0.0987. The Labute approximate surface area is 153 Å². The van der Waals surface area contributed by atoms with E-state index >= 15 is 0 Å². The summed E-state index contributed by atoms with van der Waals surface area (Å²) in [4.78, 5) is 14.8. The van der Waals surface area contributed by atoms with Crippen molar-refractivity contribution in [2.75, 3.05) is 24.5 Å². The van der Waals surface area contributed by atoms with Gasteiger partial charge in [-0.1, -0.05) is 19.0 Å². The van der Waals surface area contributed by atoms with Crippen LogP contribution in [0.25, 0.3) is 0 Å². The number of rotatable bonds is 5. The standard InChI is InChI=1S/C18H23N3O4S/c1-5-20(6-2)26(23,24)15-7-8-16-14(11-15)9-10-21(16)18(22)17-12(3)19-25-13(17)4/h7-8,11H,5-6,9-10H2,1-4H3. The predicted molar refractivity (Wildman–Crippen MR) is 97.9 cm³/mol. The van der Waals surface area contributed by atoms with Gasteiger partial charge in [0.2, 0.25) is 10.0 Å².